The monoisotopic (exact) mass is 227 g/mol. The van der Waals surface area contributed by atoms with Gasteiger partial charge in [0.15, 0.2) is 0 Å². The third-order valence-corrected chi connectivity index (χ3v) is 3.15. The van der Waals surface area contributed by atoms with Crippen molar-refractivity contribution in [3.8, 4) is 0 Å². The SMILES string of the molecule is CC(C)CCCSc1ncc(C(C)C)o1. The van der Waals surface area contributed by atoms with Crippen molar-refractivity contribution in [2.75, 3.05) is 5.75 Å². The maximum absolute atomic E-state index is 5.60. The van der Waals surface area contributed by atoms with Gasteiger partial charge in [0.2, 0.25) is 0 Å². The number of oxazole rings is 1. The molecule has 0 N–H and O–H groups in total. The number of nitrogens with zero attached hydrogens (tertiary/aromatic N) is 1. The number of rotatable bonds is 6. The predicted octanol–water partition coefficient (Wildman–Crippen LogP) is 4.33. The fourth-order valence-electron chi connectivity index (χ4n) is 1.25. The van der Waals surface area contributed by atoms with E-state index in [4.69, 9.17) is 4.42 Å². The van der Waals surface area contributed by atoms with E-state index in [0.717, 1.165) is 22.7 Å². The number of hydrogen-bond donors (Lipinski definition) is 0. The lowest BCUT2D eigenvalue weighted by Gasteiger charge is -2.02. The van der Waals surface area contributed by atoms with Gasteiger partial charge in [-0.05, 0) is 12.3 Å². The van der Waals surface area contributed by atoms with Crippen LogP contribution in [0.2, 0.25) is 0 Å². The van der Waals surface area contributed by atoms with Crippen LogP contribution in [0.3, 0.4) is 0 Å². The Bertz CT molecular complexity index is 281. The highest BCUT2D eigenvalue weighted by Gasteiger charge is 2.07. The van der Waals surface area contributed by atoms with Gasteiger partial charge in [-0.3, -0.25) is 0 Å². The van der Waals surface area contributed by atoms with Gasteiger partial charge in [-0.1, -0.05) is 45.9 Å². The van der Waals surface area contributed by atoms with Crippen LogP contribution in [0.25, 0.3) is 0 Å². The summed E-state index contributed by atoms with van der Waals surface area (Å²) in [6.07, 6.45) is 4.36. The summed E-state index contributed by atoms with van der Waals surface area (Å²) in [4.78, 5) is 4.25. The summed E-state index contributed by atoms with van der Waals surface area (Å²) in [5.41, 5.74) is 0. The Labute approximate surface area is 96.9 Å². The summed E-state index contributed by atoms with van der Waals surface area (Å²) >= 11 is 1.72. The molecule has 1 heterocycles. The normalized spacial score (nSPS) is 11.6. The van der Waals surface area contributed by atoms with Crippen molar-refractivity contribution in [1.29, 1.82) is 0 Å². The van der Waals surface area contributed by atoms with E-state index < -0.39 is 0 Å². The fourth-order valence-corrected chi connectivity index (χ4v) is 2.02. The molecule has 0 spiro atoms. The van der Waals surface area contributed by atoms with E-state index in [0.29, 0.717) is 5.92 Å². The minimum atomic E-state index is 0.433. The van der Waals surface area contributed by atoms with Gasteiger partial charge in [0.05, 0.1) is 6.20 Å². The largest absolute Gasteiger partial charge is 0.436 e. The van der Waals surface area contributed by atoms with Gasteiger partial charge in [-0.15, -0.1) is 0 Å². The lowest BCUT2D eigenvalue weighted by atomic mass is 10.1. The minimum absolute atomic E-state index is 0.433. The zero-order valence-corrected chi connectivity index (χ0v) is 10.9. The molecule has 0 aliphatic rings. The van der Waals surface area contributed by atoms with E-state index in [2.05, 4.69) is 32.7 Å². The molecule has 0 amide bonds. The van der Waals surface area contributed by atoms with Gasteiger partial charge >= 0.3 is 0 Å². The van der Waals surface area contributed by atoms with Crippen molar-refractivity contribution < 1.29 is 4.42 Å². The summed E-state index contributed by atoms with van der Waals surface area (Å²) in [5, 5.41) is 0.822. The van der Waals surface area contributed by atoms with Gasteiger partial charge in [0.25, 0.3) is 5.22 Å². The molecule has 1 rings (SSSR count). The second-order valence-corrected chi connectivity index (χ2v) is 5.61. The molecule has 0 unspecified atom stereocenters. The first kappa shape index (κ1) is 12.6. The molecule has 0 saturated heterocycles. The molecule has 0 aliphatic carbocycles. The van der Waals surface area contributed by atoms with Gasteiger partial charge in [0.1, 0.15) is 5.76 Å². The van der Waals surface area contributed by atoms with Crippen molar-refractivity contribution >= 4 is 11.8 Å². The molecule has 86 valence electrons. The lowest BCUT2D eigenvalue weighted by Crippen LogP contribution is -1.88. The molecule has 2 nitrogen and oxygen atoms in total. The number of thioether (sulfide) groups is 1. The molecule has 0 aromatic carbocycles. The Hall–Kier alpha value is -0.440. The maximum Gasteiger partial charge on any atom is 0.255 e. The Morgan fingerprint density at radius 3 is 2.60 bits per heavy atom. The molecule has 15 heavy (non-hydrogen) atoms. The smallest absolute Gasteiger partial charge is 0.255 e. The van der Waals surface area contributed by atoms with E-state index in [9.17, 15) is 0 Å². The van der Waals surface area contributed by atoms with Crippen LogP contribution in [0.5, 0.6) is 0 Å². The van der Waals surface area contributed by atoms with Crippen LogP contribution in [-0.2, 0) is 0 Å². The van der Waals surface area contributed by atoms with E-state index in [-0.39, 0.29) is 0 Å². The summed E-state index contributed by atoms with van der Waals surface area (Å²) in [7, 11) is 0. The van der Waals surface area contributed by atoms with E-state index in [1.807, 2.05) is 6.20 Å². The van der Waals surface area contributed by atoms with Crippen molar-refractivity contribution in [1.82, 2.24) is 4.98 Å². The molecule has 0 fully saturated rings. The molecule has 3 heteroatoms. The van der Waals surface area contributed by atoms with Crippen LogP contribution in [0.1, 0.15) is 52.2 Å². The zero-order valence-electron chi connectivity index (χ0n) is 10.1. The molecule has 0 aliphatic heterocycles. The molecule has 0 bridgehead atoms. The highest BCUT2D eigenvalue weighted by Crippen LogP contribution is 2.23. The maximum atomic E-state index is 5.60. The molecule has 0 atom stereocenters. The van der Waals surface area contributed by atoms with Gasteiger partial charge in [-0.25, -0.2) is 4.98 Å². The Balaban J connectivity index is 2.26. The lowest BCUT2D eigenvalue weighted by molar-refractivity contribution is 0.402. The Morgan fingerprint density at radius 1 is 1.33 bits per heavy atom. The van der Waals surface area contributed by atoms with Crippen molar-refractivity contribution in [2.45, 2.75) is 51.7 Å². The number of hydrogen-bond acceptors (Lipinski definition) is 3. The number of aromatic nitrogens is 1. The first-order valence-corrected chi connectivity index (χ1v) is 6.66. The fraction of sp³-hybridized carbons (Fsp3) is 0.750. The summed E-state index contributed by atoms with van der Waals surface area (Å²) in [6.45, 7) is 8.75. The first-order valence-electron chi connectivity index (χ1n) is 5.68. The third-order valence-electron chi connectivity index (χ3n) is 2.22. The molecule has 0 saturated carbocycles. The van der Waals surface area contributed by atoms with Crippen LogP contribution in [0, 0.1) is 5.92 Å². The molecule has 0 radical (unpaired) electrons. The van der Waals surface area contributed by atoms with E-state index in [1.54, 1.807) is 11.8 Å². The average Bonchev–Trinajstić information content (AvgIpc) is 2.60. The average molecular weight is 227 g/mol. The summed E-state index contributed by atoms with van der Waals surface area (Å²) in [6, 6.07) is 0. The van der Waals surface area contributed by atoms with Crippen LogP contribution < -0.4 is 0 Å². The summed E-state index contributed by atoms with van der Waals surface area (Å²) < 4.78 is 5.60. The van der Waals surface area contributed by atoms with Gasteiger partial charge < -0.3 is 4.42 Å². The topological polar surface area (TPSA) is 26.0 Å². The highest BCUT2D eigenvalue weighted by molar-refractivity contribution is 7.99. The Morgan fingerprint density at radius 2 is 2.07 bits per heavy atom. The second kappa shape index (κ2) is 6.21. The summed E-state index contributed by atoms with van der Waals surface area (Å²) in [5.74, 6) is 3.32. The first-order chi connectivity index (χ1) is 7.09. The quantitative estimate of drug-likeness (QED) is 0.534. The van der Waals surface area contributed by atoms with Crippen molar-refractivity contribution in [2.24, 2.45) is 5.92 Å². The van der Waals surface area contributed by atoms with Gasteiger partial charge in [0, 0.05) is 11.7 Å². The molecule has 1 aromatic rings. The highest BCUT2D eigenvalue weighted by atomic mass is 32.2. The van der Waals surface area contributed by atoms with E-state index >= 15 is 0 Å². The zero-order chi connectivity index (χ0) is 11.3. The second-order valence-electron chi connectivity index (χ2n) is 4.57. The molecule has 1 aromatic heterocycles. The van der Waals surface area contributed by atoms with Crippen LogP contribution in [0.15, 0.2) is 15.8 Å². The van der Waals surface area contributed by atoms with Crippen molar-refractivity contribution in [3.63, 3.8) is 0 Å². The predicted molar refractivity (Wildman–Crippen MR) is 65.4 cm³/mol. The van der Waals surface area contributed by atoms with Gasteiger partial charge in [-0.2, -0.15) is 0 Å². The molecular formula is C12H21NOS. The standard InChI is InChI=1S/C12H21NOS/c1-9(2)6-5-7-15-12-13-8-11(14-12)10(3)4/h8-10H,5-7H2,1-4H3. The van der Waals surface area contributed by atoms with Crippen LogP contribution in [0.4, 0.5) is 0 Å². The van der Waals surface area contributed by atoms with Crippen LogP contribution >= 0.6 is 11.8 Å². The van der Waals surface area contributed by atoms with Crippen LogP contribution in [-0.4, -0.2) is 10.7 Å². The Kier molecular flexibility index (Phi) is 5.23. The minimum Gasteiger partial charge on any atom is -0.436 e. The van der Waals surface area contributed by atoms with Crippen molar-refractivity contribution in [3.05, 3.63) is 12.0 Å². The third kappa shape index (κ3) is 4.74. The van der Waals surface area contributed by atoms with E-state index in [1.165, 1.54) is 12.8 Å². The molecular weight excluding hydrogens is 206 g/mol.